The lowest BCUT2D eigenvalue weighted by Gasteiger charge is -2.07. The number of ketones is 1. The van der Waals surface area contributed by atoms with Crippen LogP contribution in [0.3, 0.4) is 0 Å². The average molecular weight is 311 g/mol. The molecule has 2 heterocycles. The van der Waals surface area contributed by atoms with E-state index in [1.54, 1.807) is 12.1 Å². The number of Topliss-reactive ketones (excluding diaryl/α,β-unsaturated/α-hetero) is 1. The highest BCUT2D eigenvalue weighted by Gasteiger charge is 2.14. The second kappa shape index (κ2) is 6.04. The van der Waals surface area contributed by atoms with Crippen LogP contribution in [0.5, 0.6) is 5.75 Å². The summed E-state index contributed by atoms with van der Waals surface area (Å²) in [6, 6.07) is 9.15. The van der Waals surface area contributed by atoms with Gasteiger partial charge in [-0.2, -0.15) is 0 Å². The van der Waals surface area contributed by atoms with Crippen LogP contribution < -0.4 is 4.74 Å². The van der Waals surface area contributed by atoms with Crippen LogP contribution in [0.4, 0.5) is 0 Å². The topological polar surface area (TPSA) is 74.8 Å². The molecule has 0 saturated heterocycles. The molecule has 7 heteroatoms. The van der Waals surface area contributed by atoms with Crippen molar-refractivity contribution in [2.45, 2.75) is 13.8 Å². The van der Waals surface area contributed by atoms with E-state index in [4.69, 9.17) is 4.74 Å². The monoisotopic (exact) mass is 311 g/mol. The number of hydrogen-bond acceptors (Lipinski definition) is 5. The number of hydrogen-bond donors (Lipinski definition) is 0. The molecule has 0 aliphatic rings. The van der Waals surface area contributed by atoms with E-state index in [0.717, 1.165) is 17.1 Å². The van der Waals surface area contributed by atoms with Gasteiger partial charge in [-0.05, 0) is 42.5 Å². The van der Waals surface area contributed by atoms with Crippen molar-refractivity contribution < 1.29 is 9.53 Å². The Hall–Kier alpha value is -2.96. The molecule has 0 amide bonds. The first-order valence-corrected chi connectivity index (χ1v) is 7.18. The van der Waals surface area contributed by atoms with Crippen LogP contribution in [-0.2, 0) is 7.05 Å². The van der Waals surface area contributed by atoms with Gasteiger partial charge in [-0.15, -0.1) is 5.10 Å². The first-order valence-electron chi connectivity index (χ1n) is 7.18. The third kappa shape index (κ3) is 2.98. The lowest BCUT2D eigenvalue weighted by molar-refractivity contribution is 0.0921. The molecule has 0 aliphatic carbocycles. The third-order valence-corrected chi connectivity index (χ3v) is 3.88. The third-order valence-electron chi connectivity index (χ3n) is 3.88. The number of tetrazole rings is 1. The first-order chi connectivity index (χ1) is 11.1. The van der Waals surface area contributed by atoms with E-state index >= 15 is 0 Å². The molecule has 0 unspecified atom stereocenters. The SMILES string of the molecule is Cc1cc(C(=O)COc2cccc(-n3cnnn3)c2)c(C)n1C. The van der Waals surface area contributed by atoms with Crippen LogP contribution in [0.2, 0.25) is 0 Å². The molecule has 1 aromatic carbocycles. The van der Waals surface area contributed by atoms with Crippen LogP contribution in [-0.4, -0.2) is 37.2 Å². The molecule has 0 saturated carbocycles. The van der Waals surface area contributed by atoms with Crippen LogP contribution in [0.15, 0.2) is 36.7 Å². The summed E-state index contributed by atoms with van der Waals surface area (Å²) in [4.78, 5) is 12.3. The fraction of sp³-hybridized carbons (Fsp3) is 0.250. The lowest BCUT2D eigenvalue weighted by atomic mass is 10.1. The second-order valence-corrected chi connectivity index (χ2v) is 5.31. The van der Waals surface area contributed by atoms with Crippen molar-refractivity contribution in [1.82, 2.24) is 24.8 Å². The second-order valence-electron chi connectivity index (χ2n) is 5.31. The van der Waals surface area contributed by atoms with Gasteiger partial charge in [0.15, 0.2) is 6.61 Å². The highest BCUT2D eigenvalue weighted by molar-refractivity contribution is 5.98. The van der Waals surface area contributed by atoms with Gasteiger partial charge in [0, 0.05) is 30.1 Å². The zero-order chi connectivity index (χ0) is 16.4. The maximum atomic E-state index is 12.3. The molecule has 3 rings (SSSR count). The van der Waals surface area contributed by atoms with E-state index in [1.807, 2.05) is 43.7 Å². The molecule has 0 radical (unpaired) electrons. The van der Waals surface area contributed by atoms with Crippen molar-refractivity contribution in [3.63, 3.8) is 0 Å². The van der Waals surface area contributed by atoms with Crippen LogP contribution in [0.1, 0.15) is 21.7 Å². The fourth-order valence-corrected chi connectivity index (χ4v) is 2.36. The summed E-state index contributed by atoms with van der Waals surface area (Å²) in [5.41, 5.74) is 3.46. The summed E-state index contributed by atoms with van der Waals surface area (Å²) in [7, 11) is 1.94. The fourth-order valence-electron chi connectivity index (χ4n) is 2.36. The molecule has 23 heavy (non-hydrogen) atoms. The molecule has 0 spiro atoms. The number of rotatable bonds is 5. The number of nitrogens with zero attached hydrogens (tertiary/aromatic N) is 5. The van der Waals surface area contributed by atoms with Gasteiger partial charge in [0.05, 0.1) is 5.69 Å². The number of ether oxygens (including phenoxy) is 1. The molecule has 3 aromatic rings. The van der Waals surface area contributed by atoms with Crippen molar-refractivity contribution in [1.29, 1.82) is 0 Å². The highest BCUT2D eigenvalue weighted by Crippen LogP contribution is 2.18. The molecule has 0 fully saturated rings. The molecule has 0 N–H and O–H groups in total. The molecule has 118 valence electrons. The Kier molecular flexibility index (Phi) is 3.92. The molecule has 0 aliphatic heterocycles. The normalized spacial score (nSPS) is 10.7. The van der Waals surface area contributed by atoms with Gasteiger partial charge in [0.1, 0.15) is 12.1 Å². The number of carbonyl (C=O) groups excluding carboxylic acids is 1. The maximum Gasteiger partial charge on any atom is 0.202 e. The molecular weight excluding hydrogens is 294 g/mol. The van der Waals surface area contributed by atoms with Gasteiger partial charge >= 0.3 is 0 Å². The van der Waals surface area contributed by atoms with Crippen molar-refractivity contribution in [2.75, 3.05) is 6.61 Å². The number of carbonyl (C=O) groups is 1. The number of aromatic nitrogens is 5. The molecule has 7 nitrogen and oxygen atoms in total. The first kappa shape index (κ1) is 15.0. The van der Waals surface area contributed by atoms with Gasteiger partial charge in [0.25, 0.3) is 0 Å². The standard InChI is InChI=1S/C16H17N5O2/c1-11-7-15(12(2)20(11)3)16(22)9-23-14-6-4-5-13(8-14)21-10-17-18-19-21/h4-8,10H,9H2,1-3H3. The lowest BCUT2D eigenvalue weighted by Crippen LogP contribution is -2.12. The zero-order valence-electron chi connectivity index (χ0n) is 13.2. The summed E-state index contributed by atoms with van der Waals surface area (Å²) in [5.74, 6) is 0.552. The van der Waals surface area contributed by atoms with E-state index in [0.29, 0.717) is 11.3 Å². The Morgan fingerprint density at radius 1 is 1.26 bits per heavy atom. The van der Waals surface area contributed by atoms with Gasteiger partial charge in [-0.25, -0.2) is 4.68 Å². The minimum absolute atomic E-state index is 0.0106. The van der Waals surface area contributed by atoms with Gasteiger partial charge < -0.3 is 9.30 Å². The van der Waals surface area contributed by atoms with Crippen LogP contribution in [0, 0.1) is 13.8 Å². The minimum atomic E-state index is -0.0426. The van der Waals surface area contributed by atoms with E-state index in [2.05, 4.69) is 15.5 Å². The summed E-state index contributed by atoms with van der Waals surface area (Å²) < 4.78 is 9.14. The number of benzene rings is 1. The van der Waals surface area contributed by atoms with Crippen molar-refractivity contribution in [3.05, 3.63) is 53.6 Å². The van der Waals surface area contributed by atoms with Gasteiger partial charge in [0.2, 0.25) is 5.78 Å². The minimum Gasteiger partial charge on any atom is -0.485 e. The van der Waals surface area contributed by atoms with E-state index < -0.39 is 0 Å². The Bertz CT molecular complexity index is 836. The summed E-state index contributed by atoms with van der Waals surface area (Å²) in [5, 5.41) is 11.0. The molecule has 0 bridgehead atoms. The Morgan fingerprint density at radius 3 is 2.74 bits per heavy atom. The predicted molar refractivity (Wildman–Crippen MR) is 83.9 cm³/mol. The quantitative estimate of drug-likeness (QED) is 0.673. The van der Waals surface area contributed by atoms with E-state index in [9.17, 15) is 4.79 Å². The maximum absolute atomic E-state index is 12.3. The molecular formula is C16H17N5O2. The van der Waals surface area contributed by atoms with Crippen molar-refractivity contribution in [3.8, 4) is 11.4 Å². The zero-order valence-corrected chi connectivity index (χ0v) is 13.2. The van der Waals surface area contributed by atoms with Crippen molar-refractivity contribution >= 4 is 5.78 Å². The van der Waals surface area contributed by atoms with Crippen LogP contribution >= 0.6 is 0 Å². The predicted octanol–water partition coefficient (Wildman–Crippen LogP) is 1.88. The Labute approximate surface area is 133 Å². The Morgan fingerprint density at radius 2 is 2.09 bits per heavy atom. The van der Waals surface area contributed by atoms with Gasteiger partial charge in [-0.1, -0.05) is 6.07 Å². The molecule has 2 aromatic heterocycles. The van der Waals surface area contributed by atoms with E-state index in [-0.39, 0.29) is 12.4 Å². The van der Waals surface area contributed by atoms with Gasteiger partial charge in [-0.3, -0.25) is 4.79 Å². The highest BCUT2D eigenvalue weighted by atomic mass is 16.5. The Balaban J connectivity index is 1.72. The van der Waals surface area contributed by atoms with E-state index in [1.165, 1.54) is 11.0 Å². The summed E-state index contributed by atoms with van der Waals surface area (Å²) in [6.45, 7) is 3.89. The number of aryl methyl sites for hydroxylation is 1. The smallest absolute Gasteiger partial charge is 0.202 e. The van der Waals surface area contributed by atoms with Crippen LogP contribution in [0.25, 0.3) is 5.69 Å². The van der Waals surface area contributed by atoms with Crippen molar-refractivity contribution in [2.24, 2.45) is 7.05 Å². The summed E-state index contributed by atoms with van der Waals surface area (Å²) >= 11 is 0. The average Bonchev–Trinajstić information content (AvgIpc) is 3.18. The largest absolute Gasteiger partial charge is 0.485 e. The molecule has 0 atom stereocenters. The summed E-state index contributed by atoms with van der Waals surface area (Å²) in [6.07, 6.45) is 1.50.